The van der Waals surface area contributed by atoms with Crippen LogP contribution in [0.2, 0.25) is 0 Å². The van der Waals surface area contributed by atoms with Crippen molar-refractivity contribution < 1.29 is 22.9 Å². The topological polar surface area (TPSA) is 75.5 Å². The van der Waals surface area contributed by atoms with Gasteiger partial charge in [0.25, 0.3) is 11.6 Å². The second-order valence-electron chi connectivity index (χ2n) is 6.27. The molecule has 3 rings (SSSR count). The molecule has 1 aliphatic rings. The van der Waals surface area contributed by atoms with Crippen molar-refractivity contribution >= 4 is 17.3 Å². The molecule has 0 aromatic heterocycles. The van der Waals surface area contributed by atoms with Gasteiger partial charge in [-0.15, -0.1) is 0 Å². The number of alkyl halides is 3. The Morgan fingerprint density at radius 2 is 1.89 bits per heavy atom. The molecule has 1 N–H and O–H groups in total. The van der Waals surface area contributed by atoms with Gasteiger partial charge in [0.05, 0.1) is 10.5 Å². The Morgan fingerprint density at radius 3 is 2.48 bits per heavy atom. The lowest BCUT2D eigenvalue weighted by atomic mass is 10.1. The first kappa shape index (κ1) is 18.8. The van der Waals surface area contributed by atoms with E-state index in [1.807, 2.05) is 4.90 Å². The molecule has 1 saturated heterocycles. The minimum Gasteiger partial charge on any atom is -0.322 e. The molecule has 6 nitrogen and oxygen atoms in total. The molecule has 27 heavy (non-hydrogen) atoms. The van der Waals surface area contributed by atoms with E-state index in [4.69, 9.17) is 0 Å². The minimum atomic E-state index is -4.57. The number of hydrogen-bond acceptors (Lipinski definition) is 4. The number of nitrogens with zero attached hydrogens (tertiary/aromatic N) is 2. The summed E-state index contributed by atoms with van der Waals surface area (Å²) in [6.07, 6.45) is -3.57. The van der Waals surface area contributed by atoms with E-state index >= 15 is 0 Å². The molecule has 9 heteroatoms. The summed E-state index contributed by atoms with van der Waals surface area (Å²) in [6, 6.07) is 8.61. The Morgan fingerprint density at radius 1 is 1.19 bits per heavy atom. The monoisotopic (exact) mass is 379 g/mol. The zero-order chi connectivity index (χ0) is 19.6. The molecular weight excluding hydrogens is 363 g/mol. The van der Waals surface area contributed by atoms with Crippen molar-refractivity contribution in [2.75, 3.05) is 18.4 Å². The number of likely N-dealkylation sites (tertiary alicyclic amines) is 1. The van der Waals surface area contributed by atoms with E-state index in [0.717, 1.165) is 37.7 Å². The number of halogens is 3. The van der Waals surface area contributed by atoms with Gasteiger partial charge in [0, 0.05) is 18.3 Å². The van der Waals surface area contributed by atoms with Crippen LogP contribution >= 0.6 is 0 Å². The second kappa shape index (κ2) is 7.36. The van der Waals surface area contributed by atoms with E-state index in [9.17, 15) is 28.1 Å². The first-order valence-electron chi connectivity index (χ1n) is 8.22. The molecule has 2 aromatic rings. The zero-order valence-corrected chi connectivity index (χ0v) is 14.1. The number of para-hydroxylation sites is 1. The molecule has 2 aromatic carbocycles. The molecule has 0 unspecified atom stereocenters. The van der Waals surface area contributed by atoms with Crippen molar-refractivity contribution in [3.05, 3.63) is 69.3 Å². The van der Waals surface area contributed by atoms with Gasteiger partial charge in [-0.05, 0) is 49.3 Å². The summed E-state index contributed by atoms with van der Waals surface area (Å²) in [5, 5.41) is 13.4. The normalized spacial score (nSPS) is 14.5. The highest BCUT2D eigenvalue weighted by Gasteiger charge is 2.32. The molecule has 0 aliphatic carbocycles. The van der Waals surface area contributed by atoms with Crippen LogP contribution < -0.4 is 5.32 Å². The van der Waals surface area contributed by atoms with E-state index in [-0.39, 0.29) is 11.3 Å². The first-order valence-corrected chi connectivity index (χ1v) is 8.22. The zero-order valence-electron chi connectivity index (χ0n) is 14.1. The molecule has 0 bridgehead atoms. The van der Waals surface area contributed by atoms with Crippen LogP contribution in [0.25, 0.3) is 0 Å². The Labute approximate surface area is 152 Å². The van der Waals surface area contributed by atoms with E-state index in [0.29, 0.717) is 12.1 Å². The van der Waals surface area contributed by atoms with Crippen LogP contribution in [0.4, 0.5) is 24.5 Å². The van der Waals surface area contributed by atoms with Crippen LogP contribution in [0, 0.1) is 10.1 Å². The van der Waals surface area contributed by atoms with Gasteiger partial charge in [0.1, 0.15) is 5.56 Å². The van der Waals surface area contributed by atoms with E-state index in [2.05, 4.69) is 5.32 Å². The summed E-state index contributed by atoms with van der Waals surface area (Å²) in [5.41, 5.74) is -1.14. The Kier molecular flexibility index (Phi) is 5.13. The van der Waals surface area contributed by atoms with Gasteiger partial charge in [-0.2, -0.15) is 13.2 Å². The van der Waals surface area contributed by atoms with Gasteiger partial charge in [0.2, 0.25) is 0 Å². The molecule has 1 fully saturated rings. The molecule has 0 atom stereocenters. The van der Waals surface area contributed by atoms with Crippen LogP contribution in [0.3, 0.4) is 0 Å². The summed E-state index contributed by atoms with van der Waals surface area (Å²) >= 11 is 0. The van der Waals surface area contributed by atoms with Crippen molar-refractivity contribution in [3.63, 3.8) is 0 Å². The largest absolute Gasteiger partial charge is 0.416 e. The van der Waals surface area contributed by atoms with E-state index < -0.39 is 28.3 Å². The number of hydrogen-bond donors (Lipinski definition) is 1. The van der Waals surface area contributed by atoms with Crippen LogP contribution in [0.15, 0.2) is 42.5 Å². The van der Waals surface area contributed by atoms with Gasteiger partial charge < -0.3 is 5.32 Å². The number of nitro groups is 1. The molecule has 142 valence electrons. The van der Waals surface area contributed by atoms with Gasteiger partial charge >= 0.3 is 6.18 Å². The molecule has 0 spiro atoms. The van der Waals surface area contributed by atoms with Gasteiger partial charge in [0.15, 0.2) is 0 Å². The molecule has 1 heterocycles. The maximum absolute atomic E-state index is 13.2. The lowest BCUT2D eigenvalue weighted by molar-refractivity contribution is -0.385. The summed E-state index contributed by atoms with van der Waals surface area (Å²) in [6.45, 7) is 1.97. The second-order valence-corrected chi connectivity index (χ2v) is 6.27. The number of benzene rings is 2. The molecular formula is C18H16F3N3O3. The van der Waals surface area contributed by atoms with Crippen LogP contribution in [0.1, 0.15) is 27.9 Å². The van der Waals surface area contributed by atoms with Gasteiger partial charge in [-0.1, -0.05) is 12.1 Å². The van der Waals surface area contributed by atoms with Crippen LogP contribution in [-0.2, 0) is 12.7 Å². The number of anilines is 1. The lowest BCUT2D eigenvalue weighted by Gasteiger charge is -2.31. The first-order chi connectivity index (χ1) is 12.7. The highest BCUT2D eigenvalue weighted by atomic mass is 19.4. The molecule has 0 saturated carbocycles. The predicted molar refractivity (Wildman–Crippen MR) is 92.4 cm³/mol. The fraction of sp³-hybridized carbons (Fsp3) is 0.278. The predicted octanol–water partition coefficient (Wildman–Crippen LogP) is 4.07. The Bertz CT molecular complexity index is 880. The SMILES string of the molecule is O=C(Nc1cc(CN2CCC2)cc(C(F)(F)F)c1)c1ccccc1[N+](=O)[O-]. The summed E-state index contributed by atoms with van der Waals surface area (Å²) in [5.74, 6) is -0.837. The highest BCUT2D eigenvalue weighted by molar-refractivity contribution is 6.07. The third-order valence-corrected chi connectivity index (χ3v) is 4.28. The lowest BCUT2D eigenvalue weighted by Crippen LogP contribution is -2.36. The van der Waals surface area contributed by atoms with Crippen LogP contribution in [0.5, 0.6) is 0 Å². The number of carbonyl (C=O) groups is 1. The summed E-state index contributed by atoms with van der Waals surface area (Å²) in [4.78, 5) is 24.7. The van der Waals surface area contributed by atoms with Crippen LogP contribution in [-0.4, -0.2) is 28.8 Å². The quantitative estimate of drug-likeness (QED) is 0.628. The third-order valence-electron chi connectivity index (χ3n) is 4.28. The summed E-state index contributed by atoms with van der Waals surface area (Å²) in [7, 11) is 0. The number of nitro benzene ring substituents is 1. The van der Waals surface area contributed by atoms with Crippen molar-refractivity contribution in [1.29, 1.82) is 0 Å². The van der Waals surface area contributed by atoms with Crippen molar-refractivity contribution in [2.45, 2.75) is 19.1 Å². The fourth-order valence-electron chi connectivity index (χ4n) is 2.84. The molecule has 0 radical (unpaired) electrons. The van der Waals surface area contributed by atoms with E-state index in [1.165, 1.54) is 24.3 Å². The maximum Gasteiger partial charge on any atom is 0.416 e. The highest BCUT2D eigenvalue weighted by Crippen LogP contribution is 2.33. The van der Waals surface area contributed by atoms with Gasteiger partial charge in [-0.3, -0.25) is 19.8 Å². The minimum absolute atomic E-state index is 0.0523. The Balaban J connectivity index is 1.90. The number of carbonyl (C=O) groups excluding carboxylic acids is 1. The fourth-order valence-corrected chi connectivity index (χ4v) is 2.84. The van der Waals surface area contributed by atoms with E-state index in [1.54, 1.807) is 0 Å². The molecule has 1 aliphatic heterocycles. The average Bonchev–Trinajstić information content (AvgIpc) is 2.57. The Hall–Kier alpha value is -2.94. The smallest absolute Gasteiger partial charge is 0.322 e. The maximum atomic E-state index is 13.2. The number of amides is 1. The number of rotatable bonds is 5. The van der Waals surface area contributed by atoms with Crippen molar-refractivity contribution in [3.8, 4) is 0 Å². The summed E-state index contributed by atoms with van der Waals surface area (Å²) < 4.78 is 39.6. The third kappa shape index (κ3) is 4.43. The average molecular weight is 379 g/mol. The molecule has 1 amide bonds. The number of nitrogens with one attached hydrogen (secondary N) is 1. The van der Waals surface area contributed by atoms with Gasteiger partial charge in [-0.25, -0.2) is 0 Å². The van der Waals surface area contributed by atoms with Crippen molar-refractivity contribution in [2.24, 2.45) is 0 Å². The standard InChI is InChI=1S/C18H16F3N3O3/c19-18(20,21)13-8-12(11-23-6-3-7-23)9-14(10-13)22-17(25)15-4-1-2-5-16(15)24(26)27/h1-2,4-5,8-10H,3,6-7,11H2,(H,22,25). The van der Waals surface area contributed by atoms with Crippen molar-refractivity contribution in [1.82, 2.24) is 4.90 Å².